The molecule has 1 amide bonds. The molecule has 27 heavy (non-hydrogen) atoms. The van der Waals surface area contributed by atoms with E-state index in [2.05, 4.69) is 25.8 Å². The van der Waals surface area contributed by atoms with Gasteiger partial charge in [0.2, 0.25) is 0 Å². The van der Waals surface area contributed by atoms with Crippen LogP contribution in [0.5, 0.6) is 5.75 Å². The van der Waals surface area contributed by atoms with E-state index in [9.17, 15) is 4.79 Å². The fraction of sp³-hybridized carbons (Fsp3) is 0.353. The fourth-order valence-corrected chi connectivity index (χ4v) is 3.54. The number of tetrazole rings is 1. The Morgan fingerprint density at radius 3 is 3.04 bits per heavy atom. The van der Waals surface area contributed by atoms with Crippen molar-refractivity contribution in [1.29, 1.82) is 0 Å². The first kappa shape index (κ1) is 17.6. The summed E-state index contributed by atoms with van der Waals surface area (Å²) < 4.78 is 7.12. The van der Waals surface area contributed by atoms with Crippen LogP contribution in [-0.2, 0) is 6.42 Å². The molecular formula is C17H19N7O2S. The normalized spacial score (nSPS) is 13.6. The molecule has 1 aliphatic carbocycles. The first-order valence-corrected chi connectivity index (χ1v) is 9.50. The van der Waals surface area contributed by atoms with Crippen LogP contribution in [-0.4, -0.2) is 44.8 Å². The van der Waals surface area contributed by atoms with Crippen LogP contribution >= 0.6 is 11.3 Å². The summed E-state index contributed by atoms with van der Waals surface area (Å²) in [4.78, 5) is 16.8. The highest BCUT2D eigenvalue weighted by Crippen LogP contribution is 2.40. The summed E-state index contributed by atoms with van der Waals surface area (Å²) in [5.41, 5.74) is 7.21. The minimum absolute atomic E-state index is 0.273. The molecule has 1 fully saturated rings. The van der Waals surface area contributed by atoms with E-state index in [4.69, 9.17) is 10.5 Å². The van der Waals surface area contributed by atoms with Crippen molar-refractivity contribution in [3.05, 3.63) is 40.1 Å². The van der Waals surface area contributed by atoms with Gasteiger partial charge in [-0.05, 0) is 48.0 Å². The van der Waals surface area contributed by atoms with Crippen molar-refractivity contribution in [2.24, 2.45) is 5.73 Å². The summed E-state index contributed by atoms with van der Waals surface area (Å²) in [6, 6.07) is 5.35. The van der Waals surface area contributed by atoms with Crippen LogP contribution in [0.3, 0.4) is 0 Å². The number of nitrogens with two attached hydrogens (primary N) is 1. The lowest BCUT2D eigenvalue weighted by Gasteiger charge is -2.12. The van der Waals surface area contributed by atoms with Crippen LogP contribution < -0.4 is 15.8 Å². The van der Waals surface area contributed by atoms with Crippen LogP contribution in [0.2, 0.25) is 0 Å². The second-order valence-electron chi connectivity index (χ2n) is 6.23. The Kier molecular flexibility index (Phi) is 4.82. The number of nitrogens with one attached hydrogen (secondary N) is 1. The van der Waals surface area contributed by atoms with Crippen LogP contribution in [0, 0.1) is 0 Å². The Morgan fingerprint density at radius 1 is 1.44 bits per heavy atom. The highest BCUT2D eigenvalue weighted by molar-refractivity contribution is 7.09. The van der Waals surface area contributed by atoms with Gasteiger partial charge in [0.15, 0.2) is 5.82 Å². The second kappa shape index (κ2) is 7.41. The summed E-state index contributed by atoms with van der Waals surface area (Å²) in [7, 11) is 1.59. The van der Waals surface area contributed by atoms with Crippen molar-refractivity contribution in [3.8, 4) is 11.4 Å². The number of aromatic nitrogens is 5. The van der Waals surface area contributed by atoms with Gasteiger partial charge in [0.1, 0.15) is 17.1 Å². The Hall–Kier alpha value is -2.85. The van der Waals surface area contributed by atoms with Crippen molar-refractivity contribution >= 4 is 22.9 Å². The van der Waals surface area contributed by atoms with E-state index in [-0.39, 0.29) is 5.91 Å². The van der Waals surface area contributed by atoms with Gasteiger partial charge in [-0.25, -0.2) is 4.98 Å². The number of carbonyl (C=O) groups excluding carboxylic acids is 1. The topological polar surface area (TPSA) is 121 Å². The SMILES string of the molecule is COc1ccc(NC(=O)c2csc(CCN)n2)cc1-n1nnnc1C1CC1. The minimum Gasteiger partial charge on any atom is -0.494 e. The van der Waals surface area contributed by atoms with Gasteiger partial charge in [-0.15, -0.1) is 16.4 Å². The zero-order valence-corrected chi connectivity index (χ0v) is 15.6. The van der Waals surface area contributed by atoms with Crippen LogP contribution in [0.25, 0.3) is 5.69 Å². The number of methoxy groups -OCH3 is 1. The molecule has 0 atom stereocenters. The van der Waals surface area contributed by atoms with E-state index in [1.54, 1.807) is 35.4 Å². The lowest BCUT2D eigenvalue weighted by atomic mass is 10.2. The fourth-order valence-electron chi connectivity index (χ4n) is 2.74. The maximum Gasteiger partial charge on any atom is 0.275 e. The van der Waals surface area contributed by atoms with Gasteiger partial charge in [0, 0.05) is 23.4 Å². The molecule has 4 rings (SSSR count). The molecule has 3 aromatic rings. The van der Waals surface area contributed by atoms with E-state index in [0.717, 1.165) is 23.7 Å². The number of hydrogen-bond donors (Lipinski definition) is 2. The van der Waals surface area contributed by atoms with Crippen molar-refractivity contribution in [2.75, 3.05) is 19.0 Å². The monoisotopic (exact) mass is 385 g/mol. The van der Waals surface area contributed by atoms with Gasteiger partial charge in [-0.2, -0.15) is 4.68 Å². The van der Waals surface area contributed by atoms with Gasteiger partial charge < -0.3 is 15.8 Å². The largest absolute Gasteiger partial charge is 0.494 e. The highest BCUT2D eigenvalue weighted by Gasteiger charge is 2.30. The lowest BCUT2D eigenvalue weighted by Crippen LogP contribution is -2.13. The van der Waals surface area contributed by atoms with E-state index in [1.165, 1.54) is 11.3 Å². The highest BCUT2D eigenvalue weighted by atomic mass is 32.1. The van der Waals surface area contributed by atoms with Crippen molar-refractivity contribution in [3.63, 3.8) is 0 Å². The molecule has 0 aliphatic heterocycles. The van der Waals surface area contributed by atoms with Gasteiger partial charge in [0.05, 0.1) is 12.1 Å². The molecule has 10 heteroatoms. The zero-order valence-electron chi connectivity index (χ0n) is 14.8. The van der Waals surface area contributed by atoms with Gasteiger partial charge >= 0.3 is 0 Å². The molecule has 1 saturated carbocycles. The van der Waals surface area contributed by atoms with Crippen LogP contribution in [0.1, 0.15) is 40.1 Å². The first-order valence-electron chi connectivity index (χ1n) is 8.62. The molecule has 0 unspecified atom stereocenters. The molecule has 140 valence electrons. The average Bonchev–Trinajstić information content (AvgIpc) is 3.21. The Labute approximate surface area is 159 Å². The molecular weight excluding hydrogens is 366 g/mol. The van der Waals surface area contributed by atoms with Crippen molar-refractivity contribution < 1.29 is 9.53 Å². The average molecular weight is 385 g/mol. The zero-order chi connectivity index (χ0) is 18.8. The molecule has 0 spiro atoms. The molecule has 0 saturated heterocycles. The van der Waals surface area contributed by atoms with E-state index in [1.807, 2.05) is 0 Å². The number of amides is 1. The molecule has 0 bridgehead atoms. The number of nitrogens with zero attached hydrogens (tertiary/aromatic N) is 5. The van der Waals surface area contributed by atoms with Gasteiger partial charge in [0.25, 0.3) is 5.91 Å². The van der Waals surface area contributed by atoms with E-state index >= 15 is 0 Å². The number of carbonyl (C=O) groups is 1. The van der Waals surface area contributed by atoms with Crippen LogP contribution in [0.4, 0.5) is 5.69 Å². The van der Waals surface area contributed by atoms with E-state index < -0.39 is 0 Å². The Balaban J connectivity index is 1.60. The number of rotatable bonds is 7. The summed E-state index contributed by atoms with van der Waals surface area (Å²) in [6.45, 7) is 0.506. The molecule has 0 radical (unpaired) electrons. The van der Waals surface area contributed by atoms with E-state index in [0.29, 0.717) is 41.7 Å². The third kappa shape index (κ3) is 3.67. The third-order valence-electron chi connectivity index (χ3n) is 4.24. The maximum atomic E-state index is 12.5. The lowest BCUT2D eigenvalue weighted by molar-refractivity contribution is 0.102. The molecule has 2 heterocycles. The molecule has 2 aromatic heterocycles. The summed E-state index contributed by atoms with van der Waals surface area (Å²) in [6.07, 6.45) is 2.82. The molecule has 1 aromatic carbocycles. The van der Waals surface area contributed by atoms with Crippen molar-refractivity contribution in [2.45, 2.75) is 25.2 Å². The molecule has 9 nitrogen and oxygen atoms in total. The predicted molar refractivity (Wildman–Crippen MR) is 101 cm³/mol. The van der Waals surface area contributed by atoms with Gasteiger partial charge in [-0.1, -0.05) is 0 Å². The number of benzene rings is 1. The Bertz CT molecular complexity index is 964. The number of ether oxygens (including phenoxy) is 1. The maximum absolute atomic E-state index is 12.5. The van der Waals surface area contributed by atoms with Crippen LogP contribution in [0.15, 0.2) is 23.6 Å². The summed E-state index contributed by atoms with van der Waals surface area (Å²) in [5, 5.41) is 17.5. The van der Waals surface area contributed by atoms with Crippen molar-refractivity contribution in [1.82, 2.24) is 25.2 Å². The smallest absolute Gasteiger partial charge is 0.275 e. The number of hydrogen-bond acceptors (Lipinski definition) is 8. The standard InChI is InChI=1S/C17H19N7O2S/c1-26-14-5-4-11(19-17(25)12-9-27-15(20-12)6-7-18)8-13(14)24-16(10-2-3-10)21-22-23-24/h4-5,8-10H,2-3,6-7,18H2,1H3,(H,19,25). The number of anilines is 1. The molecule has 1 aliphatic rings. The quantitative estimate of drug-likeness (QED) is 0.635. The van der Waals surface area contributed by atoms with Gasteiger partial charge in [-0.3, -0.25) is 4.79 Å². The Morgan fingerprint density at radius 2 is 2.30 bits per heavy atom. The molecule has 3 N–H and O–H groups in total. The third-order valence-corrected chi connectivity index (χ3v) is 5.15. The summed E-state index contributed by atoms with van der Waals surface area (Å²) in [5.74, 6) is 1.53. The number of thiazole rings is 1. The predicted octanol–water partition coefficient (Wildman–Crippen LogP) is 1.76. The minimum atomic E-state index is -0.273. The first-order chi connectivity index (χ1) is 13.2. The second-order valence-corrected chi connectivity index (χ2v) is 7.17. The summed E-state index contributed by atoms with van der Waals surface area (Å²) >= 11 is 1.43.